The lowest BCUT2D eigenvalue weighted by Crippen LogP contribution is -2.41. The van der Waals surface area contributed by atoms with E-state index < -0.39 is 5.60 Å². The number of hydrogen-bond donors (Lipinski definition) is 3. The van der Waals surface area contributed by atoms with Gasteiger partial charge in [0.25, 0.3) is 0 Å². The first-order chi connectivity index (χ1) is 14.1. The molecule has 2 unspecified atom stereocenters. The maximum absolute atomic E-state index is 10.7. The molecule has 1 aromatic carbocycles. The Morgan fingerprint density at radius 3 is 2.79 bits per heavy atom. The van der Waals surface area contributed by atoms with Crippen molar-refractivity contribution in [1.82, 2.24) is 15.5 Å². The van der Waals surface area contributed by atoms with E-state index in [4.69, 9.17) is 0 Å². The monoisotopic (exact) mass is 414 g/mol. The molecule has 1 fully saturated rings. The highest BCUT2D eigenvalue weighted by Gasteiger charge is 2.25. The van der Waals surface area contributed by atoms with E-state index in [1.165, 1.54) is 18.5 Å². The van der Waals surface area contributed by atoms with E-state index in [0.29, 0.717) is 12.5 Å². The second-order valence-electron chi connectivity index (χ2n) is 8.02. The van der Waals surface area contributed by atoms with Crippen LogP contribution in [0, 0.1) is 5.92 Å². The van der Waals surface area contributed by atoms with Gasteiger partial charge in [-0.15, -0.1) is 11.3 Å². The standard InChI is InChI=1S/C23H34N4OS/c1-3-24-22(26-18-23(2,28)21-10-7-15-29-21)25-16-20-12-14-27(17-20)13-11-19-8-5-4-6-9-19/h4-10,15,20,28H,3,11-14,16-18H2,1-2H3,(H2,24,25,26). The Kier molecular flexibility index (Phi) is 8.09. The molecule has 158 valence electrons. The Labute approximate surface area is 178 Å². The molecule has 5 nitrogen and oxygen atoms in total. The maximum atomic E-state index is 10.7. The zero-order chi connectivity index (χ0) is 20.5. The molecule has 1 aromatic heterocycles. The average Bonchev–Trinajstić information content (AvgIpc) is 3.42. The number of benzene rings is 1. The second kappa shape index (κ2) is 10.8. The minimum absolute atomic E-state index is 0.344. The van der Waals surface area contributed by atoms with Gasteiger partial charge in [0, 0.05) is 31.1 Å². The molecule has 3 N–H and O–H groups in total. The van der Waals surface area contributed by atoms with Gasteiger partial charge in [-0.2, -0.15) is 0 Å². The van der Waals surface area contributed by atoms with Gasteiger partial charge in [-0.3, -0.25) is 0 Å². The van der Waals surface area contributed by atoms with Gasteiger partial charge in [0.1, 0.15) is 5.60 Å². The van der Waals surface area contributed by atoms with Crippen LogP contribution in [-0.4, -0.2) is 55.2 Å². The van der Waals surface area contributed by atoms with Crippen molar-refractivity contribution in [2.24, 2.45) is 10.9 Å². The number of rotatable bonds is 9. The summed E-state index contributed by atoms with van der Waals surface area (Å²) in [6.07, 6.45) is 2.33. The third-order valence-electron chi connectivity index (χ3n) is 5.43. The quantitative estimate of drug-likeness (QED) is 0.436. The van der Waals surface area contributed by atoms with Crippen LogP contribution in [0.2, 0.25) is 0 Å². The molecule has 0 saturated carbocycles. The fourth-order valence-corrected chi connectivity index (χ4v) is 4.47. The Balaban J connectivity index is 1.44. The molecule has 1 aliphatic rings. The highest BCUT2D eigenvalue weighted by atomic mass is 32.1. The minimum atomic E-state index is -0.932. The minimum Gasteiger partial charge on any atom is -0.383 e. The summed E-state index contributed by atoms with van der Waals surface area (Å²) < 4.78 is 0. The van der Waals surface area contributed by atoms with Gasteiger partial charge >= 0.3 is 0 Å². The lowest BCUT2D eigenvalue weighted by molar-refractivity contribution is 0.0711. The van der Waals surface area contributed by atoms with Crippen LogP contribution in [0.15, 0.2) is 52.8 Å². The summed E-state index contributed by atoms with van der Waals surface area (Å²) in [6, 6.07) is 14.6. The highest BCUT2D eigenvalue weighted by molar-refractivity contribution is 7.10. The van der Waals surface area contributed by atoms with E-state index in [2.05, 4.69) is 57.8 Å². The SMILES string of the molecule is CCNC(=NCC(C)(O)c1cccs1)NCC1CCN(CCc2ccccc2)C1. The van der Waals surface area contributed by atoms with Crippen molar-refractivity contribution in [1.29, 1.82) is 0 Å². The zero-order valence-corrected chi connectivity index (χ0v) is 18.4. The number of thiophene rings is 1. The van der Waals surface area contributed by atoms with Crippen molar-refractivity contribution in [2.45, 2.75) is 32.3 Å². The Bertz CT molecular complexity index is 746. The van der Waals surface area contributed by atoms with E-state index in [1.807, 2.05) is 24.4 Å². The molecule has 2 aromatic rings. The van der Waals surface area contributed by atoms with E-state index >= 15 is 0 Å². The first-order valence-electron chi connectivity index (χ1n) is 10.6. The van der Waals surface area contributed by atoms with Crippen molar-refractivity contribution < 1.29 is 5.11 Å². The molecular weight excluding hydrogens is 380 g/mol. The first-order valence-corrected chi connectivity index (χ1v) is 11.5. The molecule has 1 saturated heterocycles. The first kappa shape index (κ1) is 21.8. The molecule has 6 heteroatoms. The number of nitrogens with one attached hydrogen (secondary N) is 2. The molecule has 0 radical (unpaired) electrons. The largest absolute Gasteiger partial charge is 0.383 e. The van der Waals surface area contributed by atoms with Crippen LogP contribution < -0.4 is 10.6 Å². The van der Waals surface area contributed by atoms with Gasteiger partial charge in [-0.05, 0) is 56.2 Å². The lowest BCUT2D eigenvalue weighted by atomic mass is 10.1. The van der Waals surface area contributed by atoms with Crippen molar-refractivity contribution in [3.8, 4) is 0 Å². The number of hydrogen-bond acceptors (Lipinski definition) is 4. The molecule has 0 amide bonds. The van der Waals surface area contributed by atoms with Gasteiger partial charge in [-0.1, -0.05) is 36.4 Å². The van der Waals surface area contributed by atoms with E-state index in [9.17, 15) is 5.11 Å². The van der Waals surface area contributed by atoms with Gasteiger partial charge in [-0.25, -0.2) is 4.99 Å². The van der Waals surface area contributed by atoms with Crippen molar-refractivity contribution in [3.63, 3.8) is 0 Å². The zero-order valence-electron chi connectivity index (χ0n) is 17.6. The van der Waals surface area contributed by atoms with Crippen LogP contribution in [-0.2, 0) is 12.0 Å². The fraction of sp³-hybridized carbons (Fsp3) is 0.522. The Morgan fingerprint density at radius 2 is 2.07 bits per heavy atom. The summed E-state index contributed by atoms with van der Waals surface area (Å²) in [5.74, 6) is 1.42. The van der Waals surface area contributed by atoms with Crippen LogP contribution in [0.3, 0.4) is 0 Å². The third kappa shape index (κ3) is 6.84. The number of nitrogens with zero attached hydrogens (tertiary/aromatic N) is 2. The summed E-state index contributed by atoms with van der Waals surface area (Å²) in [5.41, 5.74) is 0.478. The van der Waals surface area contributed by atoms with Crippen LogP contribution >= 0.6 is 11.3 Å². The topological polar surface area (TPSA) is 59.9 Å². The van der Waals surface area contributed by atoms with E-state index in [-0.39, 0.29) is 0 Å². The molecule has 0 bridgehead atoms. The van der Waals surface area contributed by atoms with Crippen LogP contribution in [0.1, 0.15) is 30.7 Å². The van der Waals surface area contributed by atoms with Crippen molar-refractivity contribution in [2.75, 3.05) is 39.3 Å². The number of aliphatic imine (C=N–C) groups is 1. The smallest absolute Gasteiger partial charge is 0.191 e. The van der Waals surface area contributed by atoms with Gasteiger partial charge in [0.05, 0.1) is 6.54 Å². The molecule has 0 spiro atoms. The molecule has 29 heavy (non-hydrogen) atoms. The number of likely N-dealkylation sites (tertiary alicyclic amines) is 1. The molecular formula is C23H34N4OS. The number of guanidine groups is 1. The molecule has 2 atom stereocenters. The van der Waals surface area contributed by atoms with Gasteiger partial charge in [0.2, 0.25) is 0 Å². The fourth-order valence-electron chi connectivity index (χ4n) is 3.69. The molecule has 1 aliphatic heterocycles. The molecule has 2 heterocycles. The lowest BCUT2D eigenvalue weighted by Gasteiger charge is -2.21. The Morgan fingerprint density at radius 1 is 1.24 bits per heavy atom. The normalized spacial score (nSPS) is 19.8. The summed E-state index contributed by atoms with van der Waals surface area (Å²) in [6.45, 7) is 9.37. The highest BCUT2D eigenvalue weighted by Crippen LogP contribution is 2.25. The predicted molar refractivity (Wildman–Crippen MR) is 123 cm³/mol. The maximum Gasteiger partial charge on any atom is 0.191 e. The van der Waals surface area contributed by atoms with Crippen LogP contribution in [0.25, 0.3) is 0 Å². The van der Waals surface area contributed by atoms with Crippen LogP contribution in [0.4, 0.5) is 0 Å². The third-order valence-corrected chi connectivity index (χ3v) is 6.55. The Hall–Kier alpha value is -1.89. The molecule has 3 rings (SSSR count). The van der Waals surface area contributed by atoms with E-state index in [0.717, 1.165) is 43.4 Å². The number of aliphatic hydroxyl groups is 1. The van der Waals surface area contributed by atoms with Crippen LogP contribution in [0.5, 0.6) is 0 Å². The summed E-state index contributed by atoms with van der Waals surface area (Å²) in [7, 11) is 0. The van der Waals surface area contributed by atoms with Crippen molar-refractivity contribution >= 4 is 17.3 Å². The summed E-state index contributed by atoms with van der Waals surface area (Å²) in [4.78, 5) is 8.14. The van der Waals surface area contributed by atoms with E-state index in [1.54, 1.807) is 11.3 Å². The molecule has 0 aliphatic carbocycles. The summed E-state index contributed by atoms with van der Waals surface area (Å²) >= 11 is 1.57. The average molecular weight is 415 g/mol. The van der Waals surface area contributed by atoms with Gasteiger partial charge < -0.3 is 20.6 Å². The van der Waals surface area contributed by atoms with Crippen molar-refractivity contribution in [3.05, 3.63) is 58.3 Å². The predicted octanol–water partition coefficient (Wildman–Crippen LogP) is 3.08. The second-order valence-corrected chi connectivity index (χ2v) is 8.97. The summed E-state index contributed by atoms with van der Waals surface area (Å²) in [5, 5.41) is 19.5. The van der Waals surface area contributed by atoms with Gasteiger partial charge in [0.15, 0.2) is 5.96 Å².